The van der Waals surface area contributed by atoms with Crippen molar-refractivity contribution in [1.29, 1.82) is 0 Å². The number of aliphatic imine (C=N–C) groups is 1. The van der Waals surface area contributed by atoms with Crippen LogP contribution in [0.5, 0.6) is 0 Å². The maximum absolute atomic E-state index is 10.8. The van der Waals surface area contributed by atoms with Gasteiger partial charge in [0.1, 0.15) is 0 Å². The molecule has 9 nitrogen and oxygen atoms in total. The summed E-state index contributed by atoms with van der Waals surface area (Å²) in [6.07, 6.45) is 1.89. The third kappa shape index (κ3) is 3.89. The van der Waals surface area contributed by atoms with Gasteiger partial charge >= 0.3 is 0 Å². The van der Waals surface area contributed by atoms with Crippen LogP contribution in [0.2, 0.25) is 0 Å². The molecule has 9 heteroatoms. The van der Waals surface area contributed by atoms with Gasteiger partial charge in [0.05, 0.1) is 11.5 Å². The lowest BCUT2D eigenvalue weighted by Gasteiger charge is -2.11. The number of hydrogen-bond donors (Lipinski definition) is 2. The summed E-state index contributed by atoms with van der Waals surface area (Å²) in [5, 5.41) is 25.3. The van der Waals surface area contributed by atoms with Crippen molar-refractivity contribution in [3.8, 4) is 0 Å². The molecule has 2 aromatic heterocycles. The number of nitro benzene ring substituents is 1. The van der Waals surface area contributed by atoms with Crippen LogP contribution < -0.4 is 10.6 Å². The Hall–Kier alpha value is -3.49. The van der Waals surface area contributed by atoms with Crippen molar-refractivity contribution < 1.29 is 4.92 Å². The molecule has 128 valence electrons. The number of aromatic nitrogens is 3. The second-order valence-electron chi connectivity index (χ2n) is 5.25. The van der Waals surface area contributed by atoms with Crippen LogP contribution in [0.4, 0.5) is 5.69 Å². The molecule has 3 rings (SSSR count). The van der Waals surface area contributed by atoms with Gasteiger partial charge in [0, 0.05) is 31.9 Å². The van der Waals surface area contributed by atoms with Gasteiger partial charge < -0.3 is 10.6 Å². The van der Waals surface area contributed by atoms with Crippen LogP contribution in [0.1, 0.15) is 11.4 Å². The average molecular weight is 339 g/mol. The van der Waals surface area contributed by atoms with Gasteiger partial charge in [-0.1, -0.05) is 18.2 Å². The number of benzene rings is 1. The van der Waals surface area contributed by atoms with Gasteiger partial charge in [-0.15, -0.1) is 10.2 Å². The zero-order valence-corrected chi connectivity index (χ0v) is 13.6. The second kappa shape index (κ2) is 7.39. The molecular weight excluding hydrogens is 322 g/mol. The summed E-state index contributed by atoms with van der Waals surface area (Å²) in [7, 11) is 1.66. The molecule has 0 bridgehead atoms. The van der Waals surface area contributed by atoms with Crippen LogP contribution in [0.25, 0.3) is 5.65 Å². The Morgan fingerprint density at radius 1 is 1.20 bits per heavy atom. The van der Waals surface area contributed by atoms with Crippen molar-refractivity contribution in [3.05, 3.63) is 70.2 Å². The summed E-state index contributed by atoms with van der Waals surface area (Å²) in [6.45, 7) is 0.863. The van der Waals surface area contributed by atoms with Gasteiger partial charge in [-0.05, 0) is 17.7 Å². The lowest BCUT2D eigenvalue weighted by molar-refractivity contribution is -0.384. The van der Waals surface area contributed by atoms with Gasteiger partial charge in [0.15, 0.2) is 17.4 Å². The topological polar surface area (TPSA) is 110 Å². The maximum atomic E-state index is 10.8. The summed E-state index contributed by atoms with van der Waals surface area (Å²) in [4.78, 5) is 14.6. The standard InChI is InChI=1S/C16H17N7O2/c1-17-16(18-10-12-5-4-6-13(9-12)23(24)25)19-11-15-21-20-14-7-2-3-8-22(14)15/h2-9H,10-11H2,1H3,(H2,17,18,19). The first-order valence-electron chi connectivity index (χ1n) is 7.64. The van der Waals surface area contributed by atoms with Crippen molar-refractivity contribution in [1.82, 2.24) is 25.2 Å². The molecule has 0 saturated heterocycles. The van der Waals surface area contributed by atoms with Gasteiger partial charge in [0.25, 0.3) is 5.69 Å². The third-order valence-corrected chi connectivity index (χ3v) is 3.60. The summed E-state index contributed by atoms with van der Waals surface area (Å²) in [6, 6.07) is 12.2. The highest BCUT2D eigenvalue weighted by molar-refractivity contribution is 5.79. The minimum absolute atomic E-state index is 0.0668. The molecule has 2 N–H and O–H groups in total. The Morgan fingerprint density at radius 3 is 2.84 bits per heavy atom. The van der Waals surface area contributed by atoms with Crippen LogP contribution in [0.3, 0.4) is 0 Å². The number of guanidine groups is 1. The first kappa shape index (κ1) is 16.4. The van der Waals surface area contributed by atoms with Gasteiger partial charge in [-0.3, -0.25) is 19.5 Å². The number of fused-ring (bicyclic) bond motifs is 1. The highest BCUT2D eigenvalue weighted by Crippen LogP contribution is 2.12. The molecule has 0 radical (unpaired) electrons. The Morgan fingerprint density at radius 2 is 2.04 bits per heavy atom. The summed E-state index contributed by atoms with van der Waals surface area (Å²) in [5.74, 6) is 1.33. The SMILES string of the molecule is CN=C(NCc1cccc([N+](=O)[O-])c1)NCc1nnc2ccccn12. The molecule has 0 saturated carbocycles. The lowest BCUT2D eigenvalue weighted by atomic mass is 10.2. The Bertz CT molecular complexity index is 919. The molecule has 0 unspecified atom stereocenters. The molecule has 0 atom stereocenters. The minimum Gasteiger partial charge on any atom is -0.352 e. The van der Waals surface area contributed by atoms with Crippen molar-refractivity contribution in [3.63, 3.8) is 0 Å². The normalized spacial score (nSPS) is 11.5. The molecule has 25 heavy (non-hydrogen) atoms. The molecule has 3 aromatic rings. The van der Waals surface area contributed by atoms with E-state index < -0.39 is 4.92 Å². The Balaban J connectivity index is 1.60. The highest BCUT2D eigenvalue weighted by Gasteiger charge is 2.08. The summed E-state index contributed by atoms with van der Waals surface area (Å²) in [5.41, 5.74) is 1.64. The number of hydrogen-bond acceptors (Lipinski definition) is 5. The van der Waals surface area contributed by atoms with Crippen LogP contribution in [0, 0.1) is 10.1 Å². The van der Waals surface area contributed by atoms with Gasteiger partial charge in [-0.25, -0.2) is 0 Å². The molecule has 0 aliphatic heterocycles. The first-order valence-corrected chi connectivity index (χ1v) is 7.64. The van der Waals surface area contributed by atoms with Crippen LogP contribution in [-0.2, 0) is 13.1 Å². The fraction of sp³-hybridized carbons (Fsp3) is 0.188. The van der Waals surface area contributed by atoms with Crippen LogP contribution in [-0.4, -0.2) is 32.5 Å². The molecule has 0 aliphatic rings. The zero-order chi connectivity index (χ0) is 17.6. The average Bonchev–Trinajstić information content (AvgIpc) is 3.05. The quantitative estimate of drug-likeness (QED) is 0.315. The fourth-order valence-corrected chi connectivity index (χ4v) is 2.36. The predicted octanol–water partition coefficient (Wildman–Crippen LogP) is 1.50. The van der Waals surface area contributed by atoms with Crippen molar-refractivity contribution >= 4 is 17.3 Å². The van der Waals surface area contributed by atoms with Crippen molar-refractivity contribution in [2.24, 2.45) is 4.99 Å². The van der Waals surface area contributed by atoms with Crippen molar-refractivity contribution in [2.45, 2.75) is 13.1 Å². The molecule has 0 fully saturated rings. The predicted molar refractivity (Wildman–Crippen MR) is 93.1 cm³/mol. The zero-order valence-electron chi connectivity index (χ0n) is 13.6. The van der Waals surface area contributed by atoms with E-state index in [1.54, 1.807) is 13.1 Å². The van der Waals surface area contributed by atoms with E-state index >= 15 is 0 Å². The second-order valence-corrected chi connectivity index (χ2v) is 5.25. The van der Waals surface area contributed by atoms with E-state index in [1.165, 1.54) is 12.1 Å². The van der Waals surface area contributed by atoms with E-state index in [2.05, 4.69) is 25.8 Å². The van der Waals surface area contributed by atoms with E-state index in [-0.39, 0.29) is 5.69 Å². The van der Waals surface area contributed by atoms with E-state index in [9.17, 15) is 10.1 Å². The van der Waals surface area contributed by atoms with Crippen LogP contribution >= 0.6 is 0 Å². The van der Waals surface area contributed by atoms with E-state index in [1.807, 2.05) is 34.9 Å². The Labute approximate surface area is 143 Å². The molecule has 0 spiro atoms. The van der Waals surface area contributed by atoms with Gasteiger partial charge in [0.2, 0.25) is 0 Å². The smallest absolute Gasteiger partial charge is 0.269 e. The monoisotopic (exact) mass is 339 g/mol. The maximum Gasteiger partial charge on any atom is 0.269 e. The van der Waals surface area contributed by atoms with E-state index in [0.717, 1.165) is 17.0 Å². The van der Waals surface area contributed by atoms with Gasteiger partial charge in [-0.2, -0.15) is 0 Å². The van der Waals surface area contributed by atoms with E-state index in [0.29, 0.717) is 19.0 Å². The summed E-state index contributed by atoms with van der Waals surface area (Å²) < 4.78 is 1.89. The molecular formula is C16H17N7O2. The molecule has 2 heterocycles. The number of nitrogens with zero attached hydrogens (tertiary/aromatic N) is 5. The third-order valence-electron chi connectivity index (χ3n) is 3.60. The first-order chi connectivity index (χ1) is 12.2. The molecule has 0 aliphatic carbocycles. The number of rotatable bonds is 5. The molecule has 0 amide bonds. The lowest BCUT2D eigenvalue weighted by Crippen LogP contribution is -2.36. The number of nitrogens with one attached hydrogen (secondary N) is 2. The molecule has 1 aromatic carbocycles. The Kier molecular flexibility index (Phi) is 4.84. The summed E-state index contributed by atoms with van der Waals surface area (Å²) >= 11 is 0. The van der Waals surface area contributed by atoms with Crippen molar-refractivity contribution in [2.75, 3.05) is 7.05 Å². The number of nitro groups is 1. The largest absolute Gasteiger partial charge is 0.352 e. The highest BCUT2D eigenvalue weighted by atomic mass is 16.6. The van der Waals surface area contributed by atoms with E-state index in [4.69, 9.17) is 0 Å². The number of pyridine rings is 1. The minimum atomic E-state index is -0.410. The fourth-order valence-electron chi connectivity index (χ4n) is 2.36. The van der Waals surface area contributed by atoms with Crippen LogP contribution in [0.15, 0.2) is 53.7 Å². The number of non-ortho nitro benzene ring substituents is 1.